The van der Waals surface area contributed by atoms with Crippen molar-refractivity contribution < 1.29 is 73.9 Å². The maximum Gasteiger partial charge on any atom is 1.00 e. The van der Waals surface area contributed by atoms with Crippen LogP contribution in [0.15, 0.2) is 0 Å². The van der Waals surface area contributed by atoms with Crippen LogP contribution >= 0.6 is 0 Å². The maximum atomic E-state index is 11.2. The van der Waals surface area contributed by atoms with Gasteiger partial charge in [-0.15, -0.1) is 0 Å². The summed E-state index contributed by atoms with van der Waals surface area (Å²) in [6.07, 6.45) is 11.2. The molecule has 0 saturated heterocycles. The van der Waals surface area contributed by atoms with Crippen LogP contribution in [0.1, 0.15) is 77.6 Å². The molecule has 7 heteroatoms. The zero-order valence-corrected chi connectivity index (χ0v) is 18.2. The van der Waals surface area contributed by atoms with Crippen molar-refractivity contribution in [1.29, 1.82) is 0 Å². The second-order valence-electron chi connectivity index (χ2n) is 5.48. The Morgan fingerprint density at radius 3 is 1.73 bits per heavy atom. The van der Waals surface area contributed by atoms with E-state index in [0.717, 1.165) is 26.4 Å². The number of hydrogen-bond donors (Lipinski definition) is 0. The minimum absolute atomic E-state index is 0. The Kier molecular flexibility index (Phi) is 17.8. The van der Waals surface area contributed by atoms with Gasteiger partial charge in [-0.1, -0.05) is 71.1 Å². The predicted molar refractivity (Wildman–Crippen MR) is 82.0 cm³/mol. The predicted octanol–water partition coefficient (Wildman–Crippen LogP) is 0.388. The van der Waals surface area contributed by atoms with Crippen molar-refractivity contribution in [3.63, 3.8) is 0 Å². The van der Waals surface area contributed by atoms with Crippen LogP contribution in [0.25, 0.3) is 0 Å². The van der Waals surface area contributed by atoms with Gasteiger partial charge in [0.25, 0.3) is 0 Å². The first-order chi connectivity index (χ1) is 9.93. The van der Waals surface area contributed by atoms with Crippen molar-refractivity contribution in [2.45, 2.75) is 82.8 Å². The van der Waals surface area contributed by atoms with Crippen LogP contribution in [-0.2, 0) is 19.6 Å². The minimum Gasteiger partial charge on any atom is -0.747 e. The molecule has 22 heavy (non-hydrogen) atoms. The normalized spacial score (nSPS) is 12.5. The smallest absolute Gasteiger partial charge is 0.747 e. The number of unbranched alkanes of at least 4 members (excludes halogenated alkanes) is 9. The summed E-state index contributed by atoms with van der Waals surface area (Å²) in [4.78, 5) is 11.2. The Morgan fingerprint density at radius 1 is 0.955 bits per heavy atom. The van der Waals surface area contributed by atoms with Gasteiger partial charge in [0.2, 0.25) is 0 Å². The summed E-state index contributed by atoms with van der Waals surface area (Å²) in [7, 11) is -3.51. The topological polar surface area (TPSA) is 83.5 Å². The molecule has 0 spiro atoms. The van der Waals surface area contributed by atoms with E-state index in [0.29, 0.717) is 6.42 Å². The van der Waals surface area contributed by atoms with Gasteiger partial charge in [-0.2, -0.15) is 0 Å². The largest absolute Gasteiger partial charge is 1.00 e. The summed E-state index contributed by atoms with van der Waals surface area (Å²) in [5.74, 6) is -0.944. The molecule has 0 bridgehead atoms. The van der Waals surface area contributed by atoms with E-state index >= 15 is 0 Å². The molecule has 0 fully saturated rings. The second kappa shape index (κ2) is 15.5. The number of ether oxygens (including phenoxy) is 1. The molecule has 0 saturated carbocycles. The van der Waals surface area contributed by atoms with E-state index in [1.807, 2.05) is 0 Å². The number of hydrogen-bond acceptors (Lipinski definition) is 5. The quantitative estimate of drug-likeness (QED) is 0.205. The average Bonchev–Trinajstić information content (AvgIpc) is 2.42. The van der Waals surface area contributed by atoms with E-state index in [1.165, 1.54) is 38.5 Å². The van der Waals surface area contributed by atoms with E-state index in [2.05, 4.69) is 11.7 Å². The molecular weight excluding hydrogens is 331 g/mol. The van der Waals surface area contributed by atoms with Crippen LogP contribution in [0.4, 0.5) is 0 Å². The Hall–Kier alpha value is 1.02. The first-order valence-corrected chi connectivity index (χ1v) is 9.43. The van der Waals surface area contributed by atoms with Crippen molar-refractivity contribution in [1.82, 2.24) is 0 Å². The molecule has 0 rings (SSSR count). The van der Waals surface area contributed by atoms with Gasteiger partial charge in [0.15, 0.2) is 0 Å². The molecule has 0 aliphatic carbocycles. The van der Waals surface area contributed by atoms with Gasteiger partial charge in [0.1, 0.15) is 15.4 Å². The molecule has 0 aromatic rings. The fraction of sp³-hybridized carbons (Fsp3) is 0.933. The standard InChI is InChI=1S/C15H30O5S.K/c1-3-4-5-6-7-8-9-10-11-12-13-14(15(16)20-2)21(17,18)19;/h14H,3-13H2,1-2H3,(H,17,18,19);/q;+1/p-1. The van der Waals surface area contributed by atoms with E-state index in [1.54, 1.807) is 0 Å². The first-order valence-electron chi connectivity index (χ1n) is 7.96. The molecule has 1 atom stereocenters. The summed E-state index contributed by atoms with van der Waals surface area (Å²) in [5, 5.41) is -1.54. The average molecular weight is 361 g/mol. The van der Waals surface area contributed by atoms with Crippen LogP contribution < -0.4 is 51.4 Å². The molecule has 0 N–H and O–H groups in total. The van der Waals surface area contributed by atoms with Crippen molar-refractivity contribution in [2.75, 3.05) is 7.11 Å². The summed E-state index contributed by atoms with van der Waals surface area (Å²) < 4.78 is 37.3. The van der Waals surface area contributed by atoms with Gasteiger partial charge in [-0.05, 0) is 6.42 Å². The number of esters is 1. The molecule has 126 valence electrons. The monoisotopic (exact) mass is 360 g/mol. The zero-order chi connectivity index (χ0) is 16.1. The molecule has 0 amide bonds. The summed E-state index contributed by atoms with van der Waals surface area (Å²) in [5.41, 5.74) is 0. The number of carbonyl (C=O) groups is 1. The fourth-order valence-electron chi connectivity index (χ4n) is 2.33. The third-order valence-electron chi connectivity index (χ3n) is 3.63. The Bertz CT molecular complexity index is 370. The Morgan fingerprint density at radius 2 is 1.36 bits per heavy atom. The molecule has 5 nitrogen and oxygen atoms in total. The zero-order valence-electron chi connectivity index (χ0n) is 14.3. The Balaban J connectivity index is 0. The number of carbonyl (C=O) groups excluding carboxylic acids is 1. The van der Waals surface area contributed by atoms with Gasteiger partial charge < -0.3 is 9.29 Å². The van der Waals surface area contributed by atoms with Gasteiger partial charge in [-0.25, -0.2) is 8.42 Å². The van der Waals surface area contributed by atoms with Crippen LogP contribution in [0.2, 0.25) is 0 Å². The van der Waals surface area contributed by atoms with Crippen molar-refractivity contribution in [3.8, 4) is 0 Å². The molecular formula is C15H29KO5S. The third-order valence-corrected chi connectivity index (χ3v) is 4.76. The van der Waals surface area contributed by atoms with Crippen molar-refractivity contribution in [2.24, 2.45) is 0 Å². The number of rotatable bonds is 13. The molecule has 0 heterocycles. The van der Waals surface area contributed by atoms with Crippen LogP contribution in [0.5, 0.6) is 0 Å². The molecule has 0 radical (unpaired) electrons. The minimum atomic E-state index is -4.61. The van der Waals surface area contributed by atoms with Crippen molar-refractivity contribution in [3.05, 3.63) is 0 Å². The van der Waals surface area contributed by atoms with E-state index in [-0.39, 0.29) is 57.8 Å². The molecule has 1 unspecified atom stereocenters. The fourth-order valence-corrected chi connectivity index (χ4v) is 3.12. The molecule has 0 aliphatic heterocycles. The van der Waals surface area contributed by atoms with Crippen LogP contribution in [-0.4, -0.2) is 31.3 Å². The first kappa shape index (κ1) is 25.3. The van der Waals surface area contributed by atoms with Gasteiger partial charge >= 0.3 is 57.4 Å². The molecule has 0 aliphatic rings. The van der Waals surface area contributed by atoms with E-state index in [9.17, 15) is 17.8 Å². The number of methoxy groups -OCH3 is 1. The van der Waals surface area contributed by atoms with E-state index < -0.39 is 21.3 Å². The van der Waals surface area contributed by atoms with Crippen LogP contribution in [0, 0.1) is 0 Å². The van der Waals surface area contributed by atoms with Gasteiger partial charge in [0, 0.05) is 0 Å². The summed E-state index contributed by atoms with van der Waals surface area (Å²) in [6, 6.07) is 0. The van der Waals surface area contributed by atoms with Gasteiger partial charge in [0.05, 0.1) is 7.11 Å². The van der Waals surface area contributed by atoms with E-state index in [4.69, 9.17) is 0 Å². The SMILES string of the molecule is CCCCCCCCCCCCC(C(=O)OC)S(=O)(=O)[O-].[K+]. The van der Waals surface area contributed by atoms with Crippen molar-refractivity contribution >= 4 is 16.1 Å². The van der Waals surface area contributed by atoms with Crippen LogP contribution in [0.3, 0.4) is 0 Å². The summed E-state index contributed by atoms with van der Waals surface area (Å²) in [6.45, 7) is 2.20. The second-order valence-corrected chi connectivity index (χ2v) is 7.03. The summed E-state index contributed by atoms with van der Waals surface area (Å²) >= 11 is 0. The van der Waals surface area contributed by atoms with Gasteiger partial charge in [-0.3, -0.25) is 4.79 Å². The molecule has 0 aromatic carbocycles. The molecule has 0 aromatic heterocycles. The third kappa shape index (κ3) is 13.5. The Labute approximate surface area is 178 Å². The maximum absolute atomic E-state index is 11.2.